The number of rotatable bonds is 4. The highest BCUT2D eigenvalue weighted by atomic mass is 15.4. The lowest BCUT2D eigenvalue weighted by atomic mass is 10.1. The van der Waals surface area contributed by atoms with Crippen molar-refractivity contribution in [2.75, 3.05) is 4.90 Å². The van der Waals surface area contributed by atoms with Crippen LogP contribution >= 0.6 is 0 Å². The minimum Gasteiger partial charge on any atom is -0.314 e. The van der Waals surface area contributed by atoms with E-state index in [0.29, 0.717) is 5.95 Å². The average Bonchev–Trinajstić information content (AvgIpc) is 3.60. The van der Waals surface area contributed by atoms with Crippen molar-refractivity contribution < 1.29 is 0 Å². The van der Waals surface area contributed by atoms with Gasteiger partial charge in [0.15, 0.2) is 11.6 Å². The predicted octanol–water partition coefficient (Wildman–Crippen LogP) is 3.34. The summed E-state index contributed by atoms with van der Waals surface area (Å²) in [7, 11) is 0. The number of aryl methyl sites for hydroxylation is 1. The first kappa shape index (κ1) is 18.4. The highest BCUT2D eigenvalue weighted by molar-refractivity contribution is 5.73. The smallest absolute Gasteiger partial charge is 0.237 e. The standard InChI is InChI=1S/C22H20N10/c1-3-18-21-28-27-15(2)31(21)19-13-24-22(29-11-9-23-14-29)26-20(19)32(18)17-7-4-6-16(12-17)30-10-5-8-25-30/h4-14,18H,3H2,1-2H3. The molecule has 1 atom stereocenters. The van der Waals surface area contributed by atoms with E-state index in [-0.39, 0.29) is 6.04 Å². The van der Waals surface area contributed by atoms with Gasteiger partial charge >= 0.3 is 0 Å². The molecule has 10 nitrogen and oxygen atoms in total. The molecule has 6 rings (SSSR count). The van der Waals surface area contributed by atoms with Gasteiger partial charge in [0.05, 0.1) is 17.9 Å². The summed E-state index contributed by atoms with van der Waals surface area (Å²) in [6.45, 7) is 4.09. The number of fused-ring (bicyclic) bond motifs is 3. The Kier molecular flexibility index (Phi) is 4.10. The van der Waals surface area contributed by atoms with Crippen LogP contribution in [0.3, 0.4) is 0 Å². The van der Waals surface area contributed by atoms with Crippen molar-refractivity contribution in [3.8, 4) is 17.3 Å². The highest BCUT2D eigenvalue weighted by Gasteiger charge is 2.36. The summed E-state index contributed by atoms with van der Waals surface area (Å²) in [6, 6.07) is 10.1. The molecule has 10 heteroatoms. The van der Waals surface area contributed by atoms with Crippen molar-refractivity contribution in [2.24, 2.45) is 0 Å². The van der Waals surface area contributed by atoms with E-state index >= 15 is 0 Å². The fraction of sp³-hybridized carbons (Fsp3) is 0.182. The van der Waals surface area contributed by atoms with E-state index in [4.69, 9.17) is 4.98 Å². The summed E-state index contributed by atoms with van der Waals surface area (Å²) < 4.78 is 5.70. The van der Waals surface area contributed by atoms with Crippen LogP contribution in [-0.2, 0) is 0 Å². The van der Waals surface area contributed by atoms with Gasteiger partial charge in [0.1, 0.15) is 17.8 Å². The van der Waals surface area contributed by atoms with Gasteiger partial charge in [-0.1, -0.05) is 13.0 Å². The molecule has 0 fully saturated rings. The molecule has 5 aromatic rings. The van der Waals surface area contributed by atoms with Crippen LogP contribution < -0.4 is 4.90 Å². The molecule has 1 unspecified atom stereocenters. The molecule has 0 N–H and O–H groups in total. The van der Waals surface area contributed by atoms with Crippen LogP contribution in [0.4, 0.5) is 11.5 Å². The van der Waals surface area contributed by atoms with Crippen LogP contribution in [0.25, 0.3) is 17.3 Å². The number of hydrogen-bond donors (Lipinski definition) is 0. The lowest BCUT2D eigenvalue weighted by Crippen LogP contribution is -2.33. The van der Waals surface area contributed by atoms with Gasteiger partial charge in [0.25, 0.3) is 0 Å². The predicted molar refractivity (Wildman–Crippen MR) is 118 cm³/mol. The van der Waals surface area contributed by atoms with Gasteiger partial charge in [-0.05, 0) is 37.6 Å². The molecule has 1 aliphatic rings. The molecule has 0 amide bonds. The Morgan fingerprint density at radius 3 is 2.72 bits per heavy atom. The average molecular weight is 424 g/mol. The maximum Gasteiger partial charge on any atom is 0.237 e. The van der Waals surface area contributed by atoms with E-state index in [1.807, 2.05) is 48.4 Å². The second-order valence-corrected chi connectivity index (χ2v) is 7.55. The lowest BCUT2D eigenvalue weighted by molar-refractivity contribution is 0.586. The number of imidazole rings is 1. The molecule has 0 radical (unpaired) electrons. The highest BCUT2D eigenvalue weighted by Crippen LogP contribution is 2.43. The first-order valence-corrected chi connectivity index (χ1v) is 10.4. The van der Waals surface area contributed by atoms with Crippen LogP contribution in [0.2, 0.25) is 0 Å². The van der Waals surface area contributed by atoms with E-state index in [9.17, 15) is 0 Å². The van der Waals surface area contributed by atoms with Crippen LogP contribution in [-0.4, -0.2) is 44.1 Å². The van der Waals surface area contributed by atoms with Crippen LogP contribution in [0.1, 0.15) is 31.0 Å². The van der Waals surface area contributed by atoms with Crippen LogP contribution in [0.15, 0.2) is 67.6 Å². The minimum atomic E-state index is -0.0397. The SMILES string of the molecule is CCC1c2nnc(C)n2-c2cnc(-n3ccnc3)nc2N1c1cccc(-n2cccn2)c1. The first-order chi connectivity index (χ1) is 15.7. The van der Waals surface area contributed by atoms with E-state index in [1.165, 1.54) is 0 Å². The summed E-state index contributed by atoms with van der Waals surface area (Å²) in [4.78, 5) is 15.9. The topological polar surface area (TPSA) is 95.4 Å². The Balaban J connectivity index is 1.58. The third-order valence-corrected chi connectivity index (χ3v) is 5.66. The molecule has 0 spiro atoms. The Bertz CT molecular complexity index is 1380. The zero-order valence-electron chi connectivity index (χ0n) is 17.6. The van der Waals surface area contributed by atoms with Gasteiger partial charge < -0.3 is 4.90 Å². The number of hydrogen-bond acceptors (Lipinski definition) is 7. The quantitative estimate of drug-likeness (QED) is 0.437. The third kappa shape index (κ3) is 2.73. The molecular weight excluding hydrogens is 404 g/mol. The van der Waals surface area contributed by atoms with E-state index in [0.717, 1.165) is 40.9 Å². The summed E-state index contributed by atoms with van der Waals surface area (Å²) in [5, 5.41) is 13.2. The third-order valence-electron chi connectivity index (χ3n) is 5.66. The zero-order chi connectivity index (χ0) is 21.7. The molecule has 158 valence electrons. The molecule has 5 heterocycles. The maximum atomic E-state index is 4.96. The lowest BCUT2D eigenvalue weighted by Gasteiger charge is -2.37. The van der Waals surface area contributed by atoms with Crippen molar-refractivity contribution in [1.82, 2.24) is 44.1 Å². The number of nitrogens with zero attached hydrogens (tertiary/aromatic N) is 10. The molecule has 0 aliphatic carbocycles. The summed E-state index contributed by atoms with van der Waals surface area (Å²) in [6.07, 6.45) is 11.6. The van der Waals surface area contributed by atoms with Gasteiger partial charge in [-0.2, -0.15) is 10.1 Å². The molecule has 0 bridgehead atoms. The Hall–Kier alpha value is -4.34. The summed E-state index contributed by atoms with van der Waals surface area (Å²) in [5.74, 6) is 3.03. The Labute approximate surface area is 183 Å². The molecule has 1 aliphatic heterocycles. The number of aromatic nitrogens is 9. The van der Waals surface area contributed by atoms with Crippen LogP contribution in [0.5, 0.6) is 0 Å². The fourth-order valence-corrected chi connectivity index (χ4v) is 4.22. The van der Waals surface area contributed by atoms with Crippen molar-refractivity contribution in [2.45, 2.75) is 26.3 Å². The van der Waals surface area contributed by atoms with Crippen molar-refractivity contribution in [1.29, 1.82) is 0 Å². The molecule has 0 saturated heterocycles. The Morgan fingerprint density at radius 2 is 1.94 bits per heavy atom. The second-order valence-electron chi connectivity index (χ2n) is 7.55. The fourth-order valence-electron chi connectivity index (χ4n) is 4.22. The summed E-state index contributed by atoms with van der Waals surface area (Å²) in [5.41, 5.74) is 2.81. The number of anilines is 2. The molecule has 0 saturated carbocycles. The maximum absolute atomic E-state index is 4.96. The second kappa shape index (κ2) is 7.12. The minimum absolute atomic E-state index is 0.0397. The van der Waals surface area contributed by atoms with E-state index < -0.39 is 0 Å². The molecule has 1 aromatic carbocycles. The Morgan fingerprint density at radius 1 is 1.03 bits per heavy atom. The van der Waals surface area contributed by atoms with Crippen LogP contribution in [0, 0.1) is 6.92 Å². The number of benzene rings is 1. The van der Waals surface area contributed by atoms with Gasteiger partial charge in [-0.15, -0.1) is 10.2 Å². The molecule has 32 heavy (non-hydrogen) atoms. The molecule has 4 aromatic heterocycles. The van der Waals surface area contributed by atoms with Crippen molar-refractivity contribution in [3.63, 3.8) is 0 Å². The van der Waals surface area contributed by atoms with E-state index in [2.05, 4.69) is 53.8 Å². The van der Waals surface area contributed by atoms with Gasteiger partial charge in [0.2, 0.25) is 5.95 Å². The van der Waals surface area contributed by atoms with Crippen molar-refractivity contribution in [3.05, 3.63) is 79.3 Å². The summed E-state index contributed by atoms with van der Waals surface area (Å²) >= 11 is 0. The normalized spacial score (nSPS) is 14.9. The molecular formula is C22H20N10. The van der Waals surface area contributed by atoms with Gasteiger partial charge in [-0.3, -0.25) is 9.13 Å². The zero-order valence-corrected chi connectivity index (χ0v) is 17.6. The first-order valence-electron chi connectivity index (χ1n) is 10.4. The van der Waals surface area contributed by atoms with Gasteiger partial charge in [-0.25, -0.2) is 14.6 Å². The van der Waals surface area contributed by atoms with Crippen molar-refractivity contribution >= 4 is 11.5 Å². The monoisotopic (exact) mass is 424 g/mol. The van der Waals surface area contributed by atoms with E-state index in [1.54, 1.807) is 23.3 Å². The largest absolute Gasteiger partial charge is 0.314 e. The van der Waals surface area contributed by atoms with Gasteiger partial charge in [0, 0.05) is 30.5 Å².